The normalized spacial score (nSPS) is 19.1. The van der Waals surface area contributed by atoms with Crippen LogP contribution in [0.1, 0.15) is 29.5 Å². The van der Waals surface area contributed by atoms with Gasteiger partial charge in [0, 0.05) is 63.2 Å². The second kappa shape index (κ2) is 14.0. The van der Waals surface area contributed by atoms with Crippen LogP contribution in [0, 0.1) is 17.5 Å². The van der Waals surface area contributed by atoms with E-state index in [1.165, 1.54) is 21.6 Å². The largest absolute Gasteiger partial charge is 0.430 e. The predicted molar refractivity (Wildman–Crippen MR) is 162 cm³/mol. The first kappa shape index (κ1) is 37.9. The summed E-state index contributed by atoms with van der Waals surface area (Å²) in [4.78, 5) is 29.0. The number of nitrogens with zero attached hydrogens (tertiary/aromatic N) is 3. The zero-order chi connectivity index (χ0) is 37.5. The van der Waals surface area contributed by atoms with Gasteiger partial charge in [0.05, 0.1) is 16.8 Å². The number of rotatable bonds is 7. The summed E-state index contributed by atoms with van der Waals surface area (Å²) in [7, 11) is -4.39. The van der Waals surface area contributed by atoms with Gasteiger partial charge in [-0.15, -0.1) is 0 Å². The van der Waals surface area contributed by atoms with Gasteiger partial charge in [-0.1, -0.05) is 30.3 Å². The second-order valence-corrected chi connectivity index (χ2v) is 14.3. The SMILES string of the molecule is CC(=O)N1CCN(C(=O)N2C[C@@H](S(=O)(=O)c3ccc(F)cc3)[C@H](c3ccc(C(OCc4c(F)cccc4F)(C(F)(F)F)C(F)(F)F)cc3)C2)CC1. The van der Waals surface area contributed by atoms with Gasteiger partial charge in [0.1, 0.15) is 17.5 Å². The van der Waals surface area contributed by atoms with Crippen molar-refractivity contribution in [2.45, 2.75) is 47.5 Å². The summed E-state index contributed by atoms with van der Waals surface area (Å²) in [6.07, 6.45) is -12.4. The Morgan fingerprint density at radius 1 is 0.745 bits per heavy atom. The molecule has 18 heteroatoms. The zero-order valence-corrected chi connectivity index (χ0v) is 27.5. The fraction of sp³-hybridized carbons (Fsp3) is 0.394. The summed E-state index contributed by atoms with van der Waals surface area (Å²) in [5, 5.41) is -1.47. The van der Waals surface area contributed by atoms with Crippen molar-refractivity contribution in [2.75, 3.05) is 39.3 Å². The first-order valence-corrected chi connectivity index (χ1v) is 16.9. The third kappa shape index (κ3) is 7.24. The van der Waals surface area contributed by atoms with Gasteiger partial charge in [-0.3, -0.25) is 4.79 Å². The Hall–Kier alpha value is -4.32. The van der Waals surface area contributed by atoms with E-state index in [2.05, 4.69) is 4.74 Å². The molecule has 2 heterocycles. The maximum Gasteiger partial charge on any atom is 0.430 e. The van der Waals surface area contributed by atoms with Crippen molar-refractivity contribution in [3.05, 3.63) is 101 Å². The van der Waals surface area contributed by atoms with E-state index in [4.69, 9.17) is 0 Å². The lowest BCUT2D eigenvalue weighted by molar-refractivity contribution is -0.392. The summed E-state index contributed by atoms with van der Waals surface area (Å²) in [6, 6.07) is 7.85. The van der Waals surface area contributed by atoms with Crippen molar-refractivity contribution < 1.29 is 62.3 Å². The second-order valence-electron chi connectivity index (χ2n) is 12.1. The van der Waals surface area contributed by atoms with Gasteiger partial charge in [0.15, 0.2) is 9.84 Å². The quantitative estimate of drug-likeness (QED) is 0.213. The molecule has 3 aromatic carbocycles. The molecule has 0 radical (unpaired) electrons. The molecule has 2 atom stereocenters. The molecule has 8 nitrogen and oxygen atoms in total. The van der Waals surface area contributed by atoms with Crippen molar-refractivity contribution in [2.24, 2.45) is 0 Å². The van der Waals surface area contributed by atoms with Gasteiger partial charge in [-0.05, 0) is 42.0 Å². The van der Waals surface area contributed by atoms with E-state index in [1.54, 1.807) is 0 Å². The standard InChI is InChI=1S/C33H30F9N3O5S/c1-20(46)43-13-15-44(16-14-43)30(47)45-17-25(29(18-45)51(48,49)24-11-9-23(34)10-12-24)21-5-7-22(8-6-21)31(32(37,38)39,33(40,41)42)50-19-26-27(35)3-2-4-28(26)36/h2-12,25,29H,13-19H2,1H3/t25-,29+/m0/s1. The van der Waals surface area contributed by atoms with Gasteiger partial charge in [0.25, 0.3) is 5.60 Å². The highest BCUT2D eigenvalue weighted by Gasteiger charge is 2.73. The fourth-order valence-electron chi connectivity index (χ4n) is 6.33. The van der Waals surface area contributed by atoms with E-state index in [-0.39, 0.29) is 49.1 Å². The number of hydrogen-bond donors (Lipinski definition) is 0. The van der Waals surface area contributed by atoms with E-state index in [0.717, 1.165) is 42.5 Å². The van der Waals surface area contributed by atoms with Crippen LogP contribution in [0.15, 0.2) is 71.6 Å². The van der Waals surface area contributed by atoms with Crippen molar-refractivity contribution >= 4 is 21.8 Å². The maximum absolute atomic E-state index is 14.5. The van der Waals surface area contributed by atoms with Crippen LogP contribution in [0.25, 0.3) is 0 Å². The molecule has 0 aromatic heterocycles. The minimum absolute atomic E-state index is 0.0514. The Balaban J connectivity index is 1.51. The Labute approximate surface area is 286 Å². The monoisotopic (exact) mass is 751 g/mol. The van der Waals surface area contributed by atoms with Gasteiger partial charge >= 0.3 is 18.4 Å². The van der Waals surface area contributed by atoms with Crippen molar-refractivity contribution in [3.8, 4) is 0 Å². The average molecular weight is 752 g/mol. The third-order valence-corrected chi connectivity index (χ3v) is 11.3. The van der Waals surface area contributed by atoms with E-state index in [0.29, 0.717) is 24.3 Å². The van der Waals surface area contributed by atoms with Crippen molar-refractivity contribution in [1.82, 2.24) is 14.7 Å². The molecule has 0 spiro atoms. The summed E-state index contributed by atoms with van der Waals surface area (Å²) < 4.78 is 161. The first-order chi connectivity index (χ1) is 23.8. The van der Waals surface area contributed by atoms with Crippen LogP contribution in [0.4, 0.5) is 44.3 Å². The highest BCUT2D eigenvalue weighted by Crippen LogP contribution is 2.53. The van der Waals surface area contributed by atoms with Crippen molar-refractivity contribution in [3.63, 3.8) is 0 Å². The van der Waals surface area contributed by atoms with Gasteiger partial charge in [0.2, 0.25) is 5.91 Å². The molecule has 0 bridgehead atoms. The lowest BCUT2D eigenvalue weighted by atomic mass is 9.88. The van der Waals surface area contributed by atoms with Gasteiger partial charge in [-0.25, -0.2) is 26.4 Å². The molecule has 2 aliphatic heterocycles. The highest BCUT2D eigenvalue weighted by atomic mass is 32.2. The molecule has 51 heavy (non-hydrogen) atoms. The average Bonchev–Trinajstić information content (AvgIpc) is 3.52. The Morgan fingerprint density at radius 3 is 1.78 bits per heavy atom. The van der Waals surface area contributed by atoms with E-state index >= 15 is 0 Å². The van der Waals surface area contributed by atoms with Crippen LogP contribution in [0.2, 0.25) is 0 Å². The summed E-state index contributed by atoms with van der Waals surface area (Å²) >= 11 is 0. The number of carbonyl (C=O) groups is 2. The number of benzene rings is 3. The molecule has 2 saturated heterocycles. The molecule has 3 amide bonds. The fourth-order valence-corrected chi connectivity index (χ4v) is 8.24. The van der Waals surface area contributed by atoms with Crippen LogP contribution < -0.4 is 0 Å². The number of halogens is 9. The molecule has 276 valence electrons. The van der Waals surface area contributed by atoms with Crippen LogP contribution in [0.5, 0.6) is 0 Å². The summed E-state index contributed by atoms with van der Waals surface area (Å²) in [6.45, 7) is -0.466. The number of ether oxygens (including phenoxy) is 1. The molecule has 0 unspecified atom stereocenters. The molecule has 3 aromatic rings. The molecular weight excluding hydrogens is 721 g/mol. The predicted octanol–water partition coefficient (Wildman–Crippen LogP) is 6.17. The van der Waals surface area contributed by atoms with E-state index in [9.17, 15) is 57.5 Å². The number of amides is 3. The number of likely N-dealkylation sites (tertiary alicyclic amines) is 1. The Kier molecular flexibility index (Phi) is 10.4. The Morgan fingerprint density at radius 2 is 1.27 bits per heavy atom. The van der Waals surface area contributed by atoms with Crippen LogP contribution in [0.3, 0.4) is 0 Å². The Bertz CT molecular complexity index is 1830. The molecule has 2 fully saturated rings. The summed E-state index contributed by atoms with van der Waals surface area (Å²) in [5.74, 6) is -5.00. The minimum atomic E-state index is -6.20. The topological polar surface area (TPSA) is 87.2 Å². The number of sulfone groups is 1. The molecule has 0 aliphatic carbocycles. The zero-order valence-electron chi connectivity index (χ0n) is 26.6. The van der Waals surface area contributed by atoms with Crippen LogP contribution >= 0.6 is 0 Å². The minimum Gasteiger partial charge on any atom is -0.349 e. The number of carbonyl (C=O) groups excluding carboxylic acids is 2. The lowest BCUT2D eigenvalue weighted by Gasteiger charge is -2.37. The van der Waals surface area contributed by atoms with Crippen LogP contribution in [-0.4, -0.2) is 91.9 Å². The summed E-state index contributed by atoms with van der Waals surface area (Å²) in [5.41, 5.74) is -7.79. The van der Waals surface area contributed by atoms with Gasteiger partial charge in [-0.2, -0.15) is 26.3 Å². The van der Waals surface area contributed by atoms with E-state index < -0.39 is 86.7 Å². The molecule has 2 aliphatic rings. The highest BCUT2D eigenvalue weighted by molar-refractivity contribution is 7.92. The molecule has 0 N–H and O–H groups in total. The molecular formula is C33H30F9N3O5S. The number of piperazine rings is 1. The number of urea groups is 1. The molecule has 0 saturated carbocycles. The first-order valence-electron chi connectivity index (χ1n) is 15.4. The third-order valence-electron chi connectivity index (χ3n) is 9.11. The van der Waals surface area contributed by atoms with E-state index in [1.807, 2.05) is 0 Å². The van der Waals surface area contributed by atoms with Gasteiger partial charge < -0.3 is 19.4 Å². The van der Waals surface area contributed by atoms with Crippen molar-refractivity contribution in [1.29, 1.82) is 0 Å². The molecule has 5 rings (SSSR count). The smallest absolute Gasteiger partial charge is 0.349 e. The van der Waals surface area contributed by atoms with Crippen LogP contribution in [-0.2, 0) is 31.6 Å². The number of hydrogen-bond acceptors (Lipinski definition) is 5. The lowest BCUT2D eigenvalue weighted by Crippen LogP contribution is -2.55. The maximum atomic E-state index is 14.5. The number of alkyl halides is 6.